The molecule has 0 bridgehead atoms. The Morgan fingerprint density at radius 2 is 2.04 bits per heavy atom. The molecule has 0 amide bonds. The molecule has 0 fully saturated rings. The number of nitrogens with one attached hydrogen (secondary N) is 1. The molecule has 0 aliphatic carbocycles. The highest BCUT2D eigenvalue weighted by atomic mass is 127. The number of hydrogen-bond acceptors (Lipinski definition) is 3. The van der Waals surface area contributed by atoms with E-state index in [1.54, 1.807) is 13.3 Å². The number of hydrogen-bond donors (Lipinski definition) is 2. The summed E-state index contributed by atoms with van der Waals surface area (Å²) >= 11 is 0. The van der Waals surface area contributed by atoms with Crippen molar-refractivity contribution in [3.63, 3.8) is 0 Å². The van der Waals surface area contributed by atoms with Crippen LogP contribution in [0.4, 0.5) is 5.69 Å². The van der Waals surface area contributed by atoms with Crippen molar-refractivity contribution in [3.05, 3.63) is 72.6 Å². The van der Waals surface area contributed by atoms with E-state index < -0.39 is 0 Å². The number of para-hydroxylation sites is 2. The molecule has 2 aromatic carbocycles. The van der Waals surface area contributed by atoms with E-state index in [1.165, 1.54) is 0 Å². The van der Waals surface area contributed by atoms with Gasteiger partial charge in [0.25, 0.3) is 0 Å². The second kappa shape index (κ2) is 9.07. The third-order valence-electron chi connectivity index (χ3n) is 3.48. The van der Waals surface area contributed by atoms with Crippen LogP contribution in [0.2, 0.25) is 0 Å². The molecule has 130 valence electrons. The van der Waals surface area contributed by atoms with Gasteiger partial charge in [0.15, 0.2) is 5.96 Å². The molecule has 0 spiro atoms. The van der Waals surface area contributed by atoms with E-state index in [9.17, 15) is 0 Å². The maximum atomic E-state index is 5.98. The lowest BCUT2D eigenvalue weighted by Crippen LogP contribution is -2.22. The van der Waals surface area contributed by atoms with Crippen LogP contribution in [0.1, 0.15) is 5.56 Å². The number of anilines is 1. The van der Waals surface area contributed by atoms with Crippen LogP contribution >= 0.6 is 24.0 Å². The molecule has 1 heterocycles. The van der Waals surface area contributed by atoms with Crippen molar-refractivity contribution in [2.75, 3.05) is 12.4 Å². The van der Waals surface area contributed by atoms with E-state index in [1.807, 2.05) is 65.5 Å². The Labute approximate surface area is 163 Å². The third-order valence-corrected chi connectivity index (χ3v) is 3.48. The zero-order valence-corrected chi connectivity index (χ0v) is 16.1. The number of ether oxygens (including phenoxy) is 1. The average Bonchev–Trinajstić information content (AvgIpc) is 3.15. The molecular formula is C18H20IN5O. The number of methoxy groups -OCH3 is 1. The van der Waals surface area contributed by atoms with Crippen LogP contribution in [0.5, 0.6) is 5.75 Å². The van der Waals surface area contributed by atoms with Crippen LogP contribution in [0, 0.1) is 0 Å². The predicted molar refractivity (Wildman–Crippen MR) is 111 cm³/mol. The summed E-state index contributed by atoms with van der Waals surface area (Å²) in [5.74, 6) is 1.06. The molecule has 0 atom stereocenters. The molecule has 0 saturated heterocycles. The van der Waals surface area contributed by atoms with Gasteiger partial charge in [0.2, 0.25) is 0 Å². The highest BCUT2D eigenvalue weighted by molar-refractivity contribution is 14.0. The zero-order chi connectivity index (χ0) is 16.8. The molecule has 7 heteroatoms. The molecule has 3 aromatic rings. The first-order valence-corrected chi connectivity index (χ1v) is 7.55. The number of nitrogens with zero attached hydrogens (tertiary/aromatic N) is 3. The Hall–Kier alpha value is -2.55. The summed E-state index contributed by atoms with van der Waals surface area (Å²) in [7, 11) is 1.62. The van der Waals surface area contributed by atoms with Gasteiger partial charge in [0.05, 0.1) is 25.0 Å². The van der Waals surface area contributed by atoms with E-state index in [0.717, 1.165) is 22.7 Å². The van der Waals surface area contributed by atoms with E-state index in [-0.39, 0.29) is 24.0 Å². The van der Waals surface area contributed by atoms with Gasteiger partial charge in [-0.05, 0) is 35.9 Å². The van der Waals surface area contributed by atoms with Gasteiger partial charge in [-0.3, -0.25) is 0 Å². The van der Waals surface area contributed by atoms with E-state index in [0.29, 0.717) is 12.5 Å². The normalized spacial score (nSPS) is 10.8. The van der Waals surface area contributed by atoms with E-state index >= 15 is 0 Å². The summed E-state index contributed by atoms with van der Waals surface area (Å²) in [6, 6.07) is 17.5. The minimum atomic E-state index is 0. The minimum Gasteiger partial charge on any atom is -0.495 e. The molecular weight excluding hydrogens is 429 g/mol. The predicted octanol–water partition coefficient (Wildman–Crippen LogP) is 3.43. The highest BCUT2D eigenvalue weighted by Gasteiger charge is 2.03. The summed E-state index contributed by atoms with van der Waals surface area (Å²) < 4.78 is 7.09. The second-order valence-electron chi connectivity index (χ2n) is 5.15. The van der Waals surface area contributed by atoms with Crippen molar-refractivity contribution in [2.45, 2.75) is 6.54 Å². The average molecular weight is 449 g/mol. The lowest BCUT2D eigenvalue weighted by Gasteiger charge is -2.10. The molecule has 0 saturated carbocycles. The SMILES string of the molecule is COc1ccccc1NC(N)=NCc1cccc(-n2cccn2)c1.I. The largest absolute Gasteiger partial charge is 0.495 e. The Kier molecular flexibility index (Phi) is 6.81. The second-order valence-corrected chi connectivity index (χ2v) is 5.15. The van der Waals surface area contributed by atoms with Gasteiger partial charge in [-0.25, -0.2) is 9.67 Å². The summed E-state index contributed by atoms with van der Waals surface area (Å²) in [4.78, 5) is 4.39. The first kappa shape index (κ1) is 18.8. The summed E-state index contributed by atoms with van der Waals surface area (Å²) in [6.07, 6.45) is 3.65. The Bertz CT molecular complexity index is 833. The first-order valence-electron chi connectivity index (χ1n) is 7.55. The van der Waals surface area contributed by atoms with Gasteiger partial charge in [0.1, 0.15) is 5.75 Å². The van der Waals surface area contributed by atoms with Gasteiger partial charge in [-0.2, -0.15) is 5.10 Å². The topological polar surface area (TPSA) is 77.5 Å². The van der Waals surface area contributed by atoms with Gasteiger partial charge < -0.3 is 15.8 Å². The number of benzene rings is 2. The van der Waals surface area contributed by atoms with Crippen molar-refractivity contribution in [3.8, 4) is 11.4 Å². The van der Waals surface area contributed by atoms with Crippen molar-refractivity contribution < 1.29 is 4.74 Å². The molecule has 0 aliphatic heterocycles. The molecule has 6 nitrogen and oxygen atoms in total. The Morgan fingerprint density at radius 3 is 2.80 bits per heavy atom. The summed E-state index contributed by atoms with van der Waals surface area (Å²) in [5, 5.41) is 7.29. The maximum Gasteiger partial charge on any atom is 0.193 e. The fourth-order valence-corrected chi connectivity index (χ4v) is 2.32. The Balaban J connectivity index is 0.00000225. The van der Waals surface area contributed by atoms with Crippen LogP contribution in [-0.2, 0) is 6.54 Å². The van der Waals surface area contributed by atoms with Gasteiger partial charge >= 0.3 is 0 Å². The lowest BCUT2D eigenvalue weighted by atomic mass is 10.2. The molecule has 3 N–H and O–H groups in total. The molecule has 0 aliphatic rings. The Morgan fingerprint density at radius 1 is 1.20 bits per heavy atom. The quantitative estimate of drug-likeness (QED) is 0.356. The minimum absolute atomic E-state index is 0. The summed E-state index contributed by atoms with van der Waals surface area (Å²) in [5.41, 5.74) is 8.80. The number of halogens is 1. The molecule has 25 heavy (non-hydrogen) atoms. The van der Waals surface area contributed by atoms with Gasteiger partial charge in [-0.1, -0.05) is 24.3 Å². The lowest BCUT2D eigenvalue weighted by molar-refractivity contribution is 0.417. The van der Waals surface area contributed by atoms with Crippen LogP contribution in [0.3, 0.4) is 0 Å². The van der Waals surface area contributed by atoms with Crippen LogP contribution < -0.4 is 15.8 Å². The van der Waals surface area contributed by atoms with E-state index in [4.69, 9.17) is 10.5 Å². The smallest absolute Gasteiger partial charge is 0.193 e. The van der Waals surface area contributed by atoms with Crippen molar-refractivity contribution in [1.29, 1.82) is 0 Å². The standard InChI is InChI=1S/C18H19N5O.HI/c1-24-17-9-3-2-8-16(17)22-18(19)20-13-14-6-4-7-15(12-14)23-11-5-10-21-23;/h2-12H,13H2,1H3,(H3,19,20,22);1H. The number of nitrogens with two attached hydrogens (primary N) is 1. The number of guanidine groups is 1. The number of aromatic nitrogens is 2. The summed E-state index contributed by atoms with van der Waals surface area (Å²) in [6.45, 7) is 0.475. The van der Waals surface area contributed by atoms with Crippen molar-refractivity contribution >= 4 is 35.6 Å². The van der Waals surface area contributed by atoms with Gasteiger partial charge in [0, 0.05) is 12.4 Å². The zero-order valence-electron chi connectivity index (χ0n) is 13.8. The van der Waals surface area contributed by atoms with Gasteiger partial charge in [-0.15, -0.1) is 24.0 Å². The van der Waals surface area contributed by atoms with E-state index in [2.05, 4.69) is 15.4 Å². The molecule has 0 unspecified atom stereocenters. The van der Waals surface area contributed by atoms with Crippen LogP contribution in [-0.4, -0.2) is 22.8 Å². The first-order chi connectivity index (χ1) is 11.8. The van der Waals surface area contributed by atoms with Crippen molar-refractivity contribution in [1.82, 2.24) is 9.78 Å². The monoisotopic (exact) mass is 449 g/mol. The fourth-order valence-electron chi connectivity index (χ4n) is 2.32. The fraction of sp³-hybridized carbons (Fsp3) is 0.111. The number of rotatable bonds is 5. The third kappa shape index (κ3) is 4.96. The van der Waals surface area contributed by atoms with Crippen molar-refractivity contribution in [2.24, 2.45) is 10.7 Å². The number of aliphatic imine (C=N–C) groups is 1. The van der Waals surface area contributed by atoms with Crippen LogP contribution in [0.15, 0.2) is 72.0 Å². The molecule has 0 radical (unpaired) electrons. The van der Waals surface area contributed by atoms with Crippen LogP contribution in [0.25, 0.3) is 5.69 Å². The molecule has 3 rings (SSSR count). The highest BCUT2D eigenvalue weighted by Crippen LogP contribution is 2.22. The molecule has 1 aromatic heterocycles. The maximum absolute atomic E-state index is 5.98.